The second-order valence-electron chi connectivity index (χ2n) is 8.84. The Balaban J connectivity index is 2.22. The summed E-state index contributed by atoms with van der Waals surface area (Å²) in [5.74, 6) is -0.0596. The van der Waals surface area contributed by atoms with Gasteiger partial charge in [0, 0.05) is 13.1 Å². The molecule has 2 rings (SSSR count). The molecule has 1 amide bonds. The largest absolute Gasteiger partial charge is 0.497 e. The summed E-state index contributed by atoms with van der Waals surface area (Å²) in [6.07, 6.45) is 0. The molecular weight excluding hydrogens is 380 g/mol. The molecule has 2 aromatic carbocycles. The van der Waals surface area contributed by atoms with Gasteiger partial charge in [-0.1, -0.05) is 24.3 Å². The van der Waals surface area contributed by atoms with Crippen molar-refractivity contribution in [2.24, 2.45) is 0 Å². The number of esters is 1. The lowest BCUT2D eigenvalue weighted by Crippen LogP contribution is -2.43. The third-order valence-electron chi connectivity index (χ3n) is 4.81. The van der Waals surface area contributed by atoms with Gasteiger partial charge in [-0.3, -0.25) is 9.59 Å². The number of ether oxygens (including phenoxy) is 2. The maximum Gasteiger partial charge on any atom is 0.326 e. The van der Waals surface area contributed by atoms with Crippen molar-refractivity contribution < 1.29 is 19.1 Å². The molecule has 0 bridgehead atoms. The number of carbonyl (C=O) groups excluding carboxylic acids is 2. The van der Waals surface area contributed by atoms with Crippen LogP contribution in [-0.2, 0) is 14.3 Å². The highest BCUT2D eigenvalue weighted by atomic mass is 16.6. The first-order valence-corrected chi connectivity index (χ1v) is 10.2. The molecule has 0 heterocycles. The first-order valence-electron chi connectivity index (χ1n) is 10.2. The summed E-state index contributed by atoms with van der Waals surface area (Å²) in [4.78, 5) is 29.2. The zero-order valence-electron chi connectivity index (χ0n) is 19.2. The van der Waals surface area contributed by atoms with Crippen LogP contribution >= 0.6 is 0 Å². The molecule has 0 spiro atoms. The average molecular weight is 415 g/mol. The van der Waals surface area contributed by atoms with E-state index in [1.54, 1.807) is 12.0 Å². The summed E-state index contributed by atoms with van der Waals surface area (Å²) in [5, 5.41) is 2.09. The van der Waals surface area contributed by atoms with Gasteiger partial charge in [-0.2, -0.15) is 0 Å². The van der Waals surface area contributed by atoms with Gasteiger partial charge in [0.2, 0.25) is 5.91 Å². The molecule has 0 saturated heterocycles. The van der Waals surface area contributed by atoms with Gasteiger partial charge >= 0.3 is 5.97 Å². The van der Waals surface area contributed by atoms with Crippen LogP contribution in [0.4, 0.5) is 0 Å². The van der Waals surface area contributed by atoms with Crippen molar-refractivity contribution in [1.82, 2.24) is 9.80 Å². The van der Waals surface area contributed by atoms with Crippen molar-refractivity contribution >= 4 is 22.6 Å². The Kier molecular flexibility index (Phi) is 7.84. The minimum atomic E-state index is -0.585. The number of likely N-dealkylation sites (N-methyl/N-ethyl adjacent to an activating group) is 1. The van der Waals surface area contributed by atoms with Crippen LogP contribution in [0.5, 0.6) is 5.75 Å². The highest BCUT2D eigenvalue weighted by Gasteiger charge is 2.26. The van der Waals surface area contributed by atoms with E-state index in [9.17, 15) is 9.59 Å². The molecule has 6 heteroatoms. The molecule has 0 aromatic heterocycles. The van der Waals surface area contributed by atoms with Crippen molar-refractivity contribution in [3.05, 3.63) is 42.0 Å². The van der Waals surface area contributed by atoms with Crippen LogP contribution in [0, 0.1) is 0 Å². The van der Waals surface area contributed by atoms with Crippen molar-refractivity contribution in [3.63, 3.8) is 0 Å². The van der Waals surface area contributed by atoms with E-state index in [2.05, 4.69) is 0 Å². The Hall–Kier alpha value is -2.60. The van der Waals surface area contributed by atoms with E-state index in [1.165, 1.54) is 0 Å². The second kappa shape index (κ2) is 9.94. The zero-order chi connectivity index (χ0) is 22.5. The minimum Gasteiger partial charge on any atom is -0.497 e. The van der Waals surface area contributed by atoms with Crippen molar-refractivity contribution in [1.29, 1.82) is 0 Å². The molecule has 0 saturated carbocycles. The Morgan fingerprint density at radius 3 is 2.23 bits per heavy atom. The Morgan fingerprint density at radius 1 is 1.00 bits per heavy atom. The van der Waals surface area contributed by atoms with Crippen LogP contribution in [0.2, 0.25) is 0 Å². The van der Waals surface area contributed by atoms with E-state index in [4.69, 9.17) is 9.47 Å². The molecular formula is C24H34N2O4. The highest BCUT2D eigenvalue weighted by Crippen LogP contribution is 2.26. The van der Waals surface area contributed by atoms with Gasteiger partial charge in [-0.05, 0) is 70.3 Å². The van der Waals surface area contributed by atoms with Gasteiger partial charge in [0.25, 0.3) is 0 Å². The molecule has 0 unspecified atom stereocenters. The van der Waals surface area contributed by atoms with Gasteiger partial charge in [-0.15, -0.1) is 0 Å². The van der Waals surface area contributed by atoms with E-state index in [0.29, 0.717) is 13.1 Å². The van der Waals surface area contributed by atoms with Gasteiger partial charge < -0.3 is 19.3 Å². The third-order valence-corrected chi connectivity index (χ3v) is 4.81. The fourth-order valence-electron chi connectivity index (χ4n) is 3.17. The van der Waals surface area contributed by atoms with Crippen molar-refractivity contribution in [2.45, 2.75) is 39.2 Å². The molecule has 1 atom stereocenters. The molecule has 164 valence electrons. The smallest absolute Gasteiger partial charge is 0.326 e. The summed E-state index contributed by atoms with van der Waals surface area (Å²) in [6.45, 7) is 8.42. The van der Waals surface area contributed by atoms with Crippen LogP contribution in [0.25, 0.3) is 10.8 Å². The van der Waals surface area contributed by atoms with Gasteiger partial charge in [0.15, 0.2) is 0 Å². The number of amides is 1. The molecule has 0 aliphatic heterocycles. The number of nitrogens with zero attached hydrogens (tertiary/aromatic N) is 2. The molecule has 0 fully saturated rings. The van der Waals surface area contributed by atoms with Gasteiger partial charge in [-0.25, -0.2) is 0 Å². The maximum absolute atomic E-state index is 13.3. The first-order chi connectivity index (χ1) is 14.0. The summed E-state index contributed by atoms with van der Waals surface area (Å²) < 4.78 is 10.7. The molecule has 0 radical (unpaired) electrons. The predicted molar refractivity (Wildman–Crippen MR) is 120 cm³/mol. The van der Waals surface area contributed by atoms with Crippen LogP contribution in [0.3, 0.4) is 0 Å². The topological polar surface area (TPSA) is 59.1 Å². The van der Waals surface area contributed by atoms with Crippen LogP contribution in [0.1, 0.15) is 39.2 Å². The molecule has 30 heavy (non-hydrogen) atoms. The van der Waals surface area contributed by atoms with E-state index < -0.39 is 11.6 Å². The summed E-state index contributed by atoms with van der Waals surface area (Å²) >= 11 is 0. The summed E-state index contributed by atoms with van der Waals surface area (Å²) in [5.41, 5.74) is 0.329. The number of rotatable bonds is 8. The fraction of sp³-hybridized carbons (Fsp3) is 0.500. The number of carbonyl (C=O) groups is 2. The molecule has 0 aliphatic rings. The monoisotopic (exact) mass is 414 g/mol. The first kappa shape index (κ1) is 23.7. The Bertz CT molecular complexity index is 886. The highest BCUT2D eigenvalue weighted by molar-refractivity contribution is 5.90. The van der Waals surface area contributed by atoms with E-state index >= 15 is 0 Å². The maximum atomic E-state index is 13.3. The van der Waals surface area contributed by atoms with E-state index in [0.717, 1.165) is 22.1 Å². The Labute approximate surface area is 179 Å². The zero-order valence-corrected chi connectivity index (χ0v) is 19.2. The predicted octanol–water partition coefficient (Wildman–Crippen LogP) is 3.68. The van der Waals surface area contributed by atoms with E-state index in [-0.39, 0.29) is 18.4 Å². The summed E-state index contributed by atoms with van der Waals surface area (Å²) in [7, 11) is 5.53. The van der Waals surface area contributed by atoms with Crippen LogP contribution in [-0.4, -0.2) is 68.1 Å². The van der Waals surface area contributed by atoms with E-state index in [1.807, 2.05) is 83.1 Å². The molecule has 2 aromatic rings. The third kappa shape index (κ3) is 6.73. The van der Waals surface area contributed by atoms with Crippen LogP contribution in [0.15, 0.2) is 36.4 Å². The Morgan fingerprint density at radius 2 is 1.63 bits per heavy atom. The molecule has 6 nitrogen and oxygen atoms in total. The normalized spacial score (nSPS) is 12.7. The quantitative estimate of drug-likeness (QED) is 0.617. The molecule has 0 N–H and O–H groups in total. The van der Waals surface area contributed by atoms with Gasteiger partial charge in [0.05, 0.1) is 13.0 Å². The minimum absolute atomic E-state index is 0.0565. The lowest BCUT2D eigenvalue weighted by Gasteiger charge is -2.28. The molecule has 0 aliphatic carbocycles. The fourth-order valence-corrected chi connectivity index (χ4v) is 3.17. The van der Waals surface area contributed by atoms with Crippen molar-refractivity contribution in [3.8, 4) is 5.75 Å². The number of fused-ring (bicyclic) bond motifs is 1. The number of hydrogen-bond donors (Lipinski definition) is 0. The number of benzene rings is 2. The lowest BCUT2D eigenvalue weighted by atomic mass is 9.96. The van der Waals surface area contributed by atoms with Crippen molar-refractivity contribution in [2.75, 3.05) is 40.8 Å². The van der Waals surface area contributed by atoms with Crippen LogP contribution < -0.4 is 4.74 Å². The standard InChI is InChI=1S/C24H34N2O4/c1-17(18-8-9-20-15-21(29-7)11-10-19(20)14-18)23(28)26(13-12-25(5)6)16-22(27)30-24(2,3)4/h8-11,14-15,17H,12-13,16H2,1-7H3/t17-/m0/s1. The summed E-state index contributed by atoms with van der Waals surface area (Å²) in [6, 6.07) is 11.8. The SMILES string of the molecule is COc1ccc2cc([C@H](C)C(=O)N(CCN(C)C)CC(=O)OC(C)(C)C)ccc2c1. The number of methoxy groups -OCH3 is 1. The number of hydrogen-bond acceptors (Lipinski definition) is 5. The lowest BCUT2D eigenvalue weighted by molar-refractivity contribution is -0.159. The second-order valence-corrected chi connectivity index (χ2v) is 8.84. The average Bonchev–Trinajstić information content (AvgIpc) is 2.67. The van der Waals surface area contributed by atoms with Gasteiger partial charge in [0.1, 0.15) is 17.9 Å².